The number of urea groups is 1. The van der Waals surface area contributed by atoms with Gasteiger partial charge in [-0.1, -0.05) is 70.5 Å². The third-order valence-corrected chi connectivity index (χ3v) is 5.82. The fourth-order valence-corrected chi connectivity index (χ4v) is 3.83. The molecule has 0 saturated heterocycles. The van der Waals surface area contributed by atoms with Crippen molar-refractivity contribution in [2.75, 3.05) is 23.7 Å². The molecule has 0 aliphatic carbocycles. The van der Waals surface area contributed by atoms with E-state index in [9.17, 15) is 9.59 Å². The van der Waals surface area contributed by atoms with Crippen LogP contribution < -0.4 is 10.6 Å². The Morgan fingerprint density at radius 2 is 1.66 bits per heavy atom. The smallest absolute Gasteiger partial charge is 0.315 e. The predicted octanol–water partition coefficient (Wildman–Crippen LogP) is 6.36. The number of carbonyl (C=O) groups is 2. The quantitative estimate of drug-likeness (QED) is 0.415. The molecule has 0 bridgehead atoms. The molecule has 0 unspecified atom stereocenters. The number of fused-ring (bicyclic) bond motifs is 1. The number of amides is 3. The Hall–Kier alpha value is -3.35. The molecule has 1 heterocycles. The first-order valence-electron chi connectivity index (χ1n) is 12.3. The number of carbonyl (C=O) groups excluding carboxylic acids is 2. The number of nitrogens with one attached hydrogen (secondary N) is 2. The van der Waals surface area contributed by atoms with Gasteiger partial charge in [-0.2, -0.15) is 5.10 Å². The highest BCUT2D eigenvalue weighted by molar-refractivity contribution is 6.03. The molecule has 0 radical (unpaired) electrons. The number of anilines is 2. The highest BCUT2D eigenvalue weighted by atomic mass is 16.2. The number of aromatic nitrogens is 2. The van der Waals surface area contributed by atoms with E-state index in [1.807, 2.05) is 74.0 Å². The number of hydrogen-bond donors (Lipinski definition) is 2. The molecular weight excluding hydrogens is 438 g/mol. The average Bonchev–Trinajstić information content (AvgIpc) is 3.21. The first-order chi connectivity index (χ1) is 16.4. The molecule has 3 rings (SSSR count). The largest absolute Gasteiger partial charge is 0.322 e. The number of nitrogens with zero attached hydrogens (tertiary/aromatic N) is 3. The summed E-state index contributed by atoms with van der Waals surface area (Å²) in [4.78, 5) is 27.9. The molecule has 0 aliphatic heterocycles. The average molecular weight is 478 g/mol. The summed E-state index contributed by atoms with van der Waals surface area (Å²) in [5, 5.41) is 12.8. The molecule has 35 heavy (non-hydrogen) atoms. The molecule has 3 aromatic rings. The first kappa shape index (κ1) is 26.3. The van der Waals surface area contributed by atoms with Crippen molar-refractivity contribution in [3.05, 3.63) is 54.2 Å². The Labute approximate surface area is 208 Å². The highest BCUT2D eigenvalue weighted by Gasteiger charge is 2.26. The standard InChI is InChI=1S/C28H39N5O2/c1-8-9-17-32(26(35)29-22-16-12-14-20-13-10-11-15-21(20)22)19-25(34)30-24-18-23(27(2,3)4)31-33(24)28(5,6)7/h10-16,18H,8-9,17,19H2,1-7H3,(H,29,35)(H,30,34). The lowest BCUT2D eigenvalue weighted by atomic mass is 9.92. The van der Waals surface area contributed by atoms with Crippen molar-refractivity contribution in [2.24, 2.45) is 0 Å². The fourth-order valence-electron chi connectivity index (χ4n) is 3.83. The molecule has 0 spiro atoms. The topological polar surface area (TPSA) is 79.3 Å². The second kappa shape index (κ2) is 10.5. The maximum absolute atomic E-state index is 13.2. The van der Waals surface area contributed by atoms with E-state index >= 15 is 0 Å². The van der Waals surface area contributed by atoms with E-state index in [0.29, 0.717) is 12.4 Å². The first-order valence-corrected chi connectivity index (χ1v) is 12.3. The number of hydrogen-bond acceptors (Lipinski definition) is 3. The predicted molar refractivity (Wildman–Crippen MR) is 144 cm³/mol. The van der Waals surface area contributed by atoms with E-state index in [1.54, 1.807) is 4.90 Å². The minimum Gasteiger partial charge on any atom is -0.315 e. The van der Waals surface area contributed by atoms with Gasteiger partial charge in [0.25, 0.3) is 0 Å². The van der Waals surface area contributed by atoms with Crippen LogP contribution in [-0.2, 0) is 15.7 Å². The SMILES string of the molecule is CCCCN(CC(=O)Nc1cc(C(C)(C)C)nn1C(C)(C)C)C(=O)Nc1cccc2ccccc12. The van der Waals surface area contributed by atoms with E-state index in [-0.39, 0.29) is 29.4 Å². The van der Waals surface area contributed by atoms with Crippen molar-refractivity contribution in [3.8, 4) is 0 Å². The molecule has 0 saturated carbocycles. The van der Waals surface area contributed by atoms with Crippen LogP contribution >= 0.6 is 0 Å². The van der Waals surface area contributed by atoms with E-state index < -0.39 is 0 Å². The zero-order valence-electron chi connectivity index (χ0n) is 22.1. The van der Waals surface area contributed by atoms with Crippen molar-refractivity contribution < 1.29 is 9.59 Å². The van der Waals surface area contributed by atoms with Gasteiger partial charge in [-0.3, -0.25) is 4.79 Å². The Bertz CT molecular complexity index is 1180. The summed E-state index contributed by atoms with van der Waals surface area (Å²) in [6.45, 7) is 14.9. The summed E-state index contributed by atoms with van der Waals surface area (Å²) in [6, 6.07) is 15.4. The molecule has 0 fully saturated rings. The van der Waals surface area contributed by atoms with Gasteiger partial charge in [0.05, 0.1) is 16.9 Å². The van der Waals surface area contributed by atoms with Crippen LogP contribution in [0.1, 0.15) is 67.0 Å². The lowest BCUT2D eigenvalue weighted by Gasteiger charge is -2.25. The Balaban J connectivity index is 1.79. The van der Waals surface area contributed by atoms with Crippen molar-refractivity contribution >= 4 is 34.2 Å². The molecular formula is C28H39N5O2. The van der Waals surface area contributed by atoms with Crippen molar-refractivity contribution in [1.29, 1.82) is 0 Å². The van der Waals surface area contributed by atoms with Crippen LogP contribution in [0.2, 0.25) is 0 Å². The van der Waals surface area contributed by atoms with Crippen LogP contribution in [0.4, 0.5) is 16.3 Å². The molecule has 3 amide bonds. The normalized spacial score (nSPS) is 12.0. The summed E-state index contributed by atoms with van der Waals surface area (Å²) in [5.41, 5.74) is 1.18. The molecule has 2 N–H and O–H groups in total. The number of unbranched alkanes of at least 4 members (excludes halogenated alkanes) is 1. The van der Waals surface area contributed by atoms with Gasteiger partial charge < -0.3 is 15.5 Å². The molecule has 7 heteroatoms. The lowest BCUT2D eigenvalue weighted by Crippen LogP contribution is -2.41. The molecule has 0 atom stereocenters. The van der Waals surface area contributed by atoms with Crippen LogP contribution in [0.25, 0.3) is 10.8 Å². The minimum absolute atomic E-state index is 0.0449. The van der Waals surface area contributed by atoms with E-state index in [0.717, 1.165) is 35.0 Å². The van der Waals surface area contributed by atoms with Gasteiger partial charge in [0.2, 0.25) is 5.91 Å². The molecule has 188 valence electrons. The second-order valence-electron chi connectivity index (χ2n) is 11.0. The maximum Gasteiger partial charge on any atom is 0.322 e. The van der Waals surface area contributed by atoms with Crippen LogP contribution in [0, 0.1) is 0 Å². The third-order valence-electron chi connectivity index (χ3n) is 5.82. The van der Waals surface area contributed by atoms with Gasteiger partial charge in [-0.25, -0.2) is 9.48 Å². The highest BCUT2D eigenvalue weighted by Crippen LogP contribution is 2.28. The van der Waals surface area contributed by atoms with E-state index in [2.05, 4.69) is 38.3 Å². The Morgan fingerprint density at radius 1 is 0.971 bits per heavy atom. The van der Waals surface area contributed by atoms with E-state index in [1.165, 1.54) is 0 Å². The second-order valence-corrected chi connectivity index (χ2v) is 11.0. The number of benzene rings is 2. The van der Waals surface area contributed by atoms with Crippen LogP contribution in [0.3, 0.4) is 0 Å². The molecule has 7 nitrogen and oxygen atoms in total. The summed E-state index contributed by atoms with van der Waals surface area (Å²) < 4.78 is 1.85. The zero-order chi connectivity index (χ0) is 25.8. The van der Waals surface area contributed by atoms with Gasteiger partial charge in [0.1, 0.15) is 12.4 Å². The summed E-state index contributed by atoms with van der Waals surface area (Å²) >= 11 is 0. The van der Waals surface area contributed by atoms with Crippen molar-refractivity contribution in [3.63, 3.8) is 0 Å². The van der Waals surface area contributed by atoms with Crippen LogP contribution in [0.15, 0.2) is 48.5 Å². The monoisotopic (exact) mass is 477 g/mol. The van der Waals surface area contributed by atoms with Gasteiger partial charge in [-0.05, 0) is 38.6 Å². The minimum atomic E-state index is -0.306. The van der Waals surface area contributed by atoms with Gasteiger partial charge >= 0.3 is 6.03 Å². The maximum atomic E-state index is 13.2. The van der Waals surface area contributed by atoms with Crippen LogP contribution in [0.5, 0.6) is 0 Å². The molecule has 1 aromatic heterocycles. The van der Waals surface area contributed by atoms with E-state index in [4.69, 9.17) is 5.10 Å². The Kier molecular flexibility index (Phi) is 7.88. The summed E-state index contributed by atoms with van der Waals surface area (Å²) in [6.07, 6.45) is 1.73. The number of rotatable bonds is 7. The molecule has 0 aliphatic rings. The van der Waals surface area contributed by atoms with Gasteiger partial charge in [-0.15, -0.1) is 0 Å². The molecule has 2 aromatic carbocycles. The lowest BCUT2D eigenvalue weighted by molar-refractivity contribution is -0.116. The fraction of sp³-hybridized carbons (Fsp3) is 0.464. The zero-order valence-corrected chi connectivity index (χ0v) is 22.1. The van der Waals surface area contributed by atoms with Gasteiger partial charge in [0, 0.05) is 23.4 Å². The van der Waals surface area contributed by atoms with Crippen molar-refractivity contribution in [1.82, 2.24) is 14.7 Å². The van der Waals surface area contributed by atoms with Crippen molar-refractivity contribution in [2.45, 2.75) is 72.3 Å². The summed E-state index contributed by atoms with van der Waals surface area (Å²) in [7, 11) is 0. The third kappa shape index (κ3) is 6.62. The van der Waals surface area contributed by atoms with Gasteiger partial charge in [0.15, 0.2) is 0 Å². The van der Waals surface area contributed by atoms with Crippen LogP contribution in [-0.4, -0.2) is 39.7 Å². The Morgan fingerprint density at radius 3 is 2.31 bits per heavy atom. The summed E-state index contributed by atoms with van der Waals surface area (Å²) in [5.74, 6) is 0.386.